The Kier molecular flexibility index (Phi) is 3.05. The molecule has 1 saturated heterocycles. The summed E-state index contributed by atoms with van der Waals surface area (Å²) in [6.45, 7) is 3.13. The highest BCUT2D eigenvalue weighted by atomic mass is 16.3. The van der Waals surface area contributed by atoms with Gasteiger partial charge in [0.1, 0.15) is 0 Å². The van der Waals surface area contributed by atoms with E-state index in [4.69, 9.17) is 5.11 Å². The van der Waals surface area contributed by atoms with Crippen LogP contribution in [0.25, 0.3) is 0 Å². The number of piperidine rings is 1. The second-order valence-electron chi connectivity index (χ2n) is 3.40. The number of amides is 1. The SMILES string of the molecule is CC(=O)NC1(CO)CCCNC1. The van der Waals surface area contributed by atoms with Crippen LogP contribution in [0.4, 0.5) is 0 Å². The first-order chi connectivity index (χ1) is 5.68. The van der Waals surface area contributed by atoms with Gasteiger partial charge in [-0.15, -0.1) is 0 Å². The summed E-state index contributed by atoms with van der Waals surface area (Å²) >= 11 is 0. The first-order valence-corrected chi connectivity index (χ1v) is 4.29. The van der Waals surface area contributed by atoms with Crippen molar-refractivity contribution in [3.63, 3.8) is 0 Å². The van der Waals surface area contributed by atoms with E-state index in [-0.39, 0.29) is 12.5 Å². The van der Waals surface area contributed by atoms with Gasteiger partial charge in [-0.25, -0.2) is 0 Å². The minimum atomic E-state index is -0.413. The first-order valence-electron chi connectivity index (χ1n) is 4.29. The summed E-state index contributed by atoms with van der Waals surface area (Å²) in [7, 11) is 0. The summed E-state index contributed by atoms with van der Waals surface area (Å²) in [6, 6.07) is 0. The van der Waals surface area contributed by atoms with Crippen molar-refractivity contribution in [2.24, 2.45) is 0 Å². The fraction of sp³-hybridized carbons (Fsp3) is 0.875. The average Bonchev–Trinajstić information content (AvgIpc) is 2.05. The molecule has 0 radical (unpaired) electrons. The van der Waals surface area contributed by atoms with Crippen molar-refractivity contribution in [1.82, 2.24) is 10.6 Å². The highest BCUT2D eigenvalue weighted by Crippen LogP contribution is 2.14. The lowest BCUT2D eigenvalue weighted by molar-refractivity contribution is -0.121. The normalized spacial score (nSPS) is 29.8. The van der Waals surface area contributed by atoms with Crippen LogP contribution in [0.5, 0.6) is 0 Å². The molecule has 0 aliphatic carbocycles. The maximum atomic E-state index is 10.8. The zero-order valence-corrected chi connectivity index (χ0v) is 7.39. The van der Waals surface area contributed by atoms with Crippen LogP contribution >= 0.6 is 0 Å². The van der Waals surface area contributed by atoms with Crippen molar-refractivity contribution in [3.05, 3.63) is 0 Å². The second kappa shape index (κ2) is 3.87. The van der Waals surface area contributed by atoms with Gasteiger partial charge in [0.25, 0.3) is 0 Å². The van der Waals surface area contributed by atoms with Crippen LogP contribution in [-0.4, -0.2) is 36.2 Å². The molecule has 1 aliphatic rings. The van der Waals surface area contributed by atoms with Crippen LogP contribution in [-0.2, 0) is 4.79 Å². The monoisotopic (exact) mass is 172 g/mol. The molecule has 1 heterocycles. The van der Waals surface area contributed by atoms with Crippen LogP contribution in [0.3, 0.4) is 0 Å². The minimum Gasteiger partial charge on any atom is -0.394 e. The molecule has 0 aromatic heterocycles. The molecule has 0 aromatic rings. The number of carbonyl (C=O) groups is 1. The van der Waals surface area contributed by atoms with E-state index in [0.29, 0.717) is 6.54 Å². The van der Waals surface area contributed by atoms with E-state index in [0.717, 1.165) is 19.4 Å². The van der Waals surface area contributed by atoms with E-state index in [1.807, 2.05) is 0 Å². The zero-order chi connectivity index (χ0) is 9.03. The summed E-state index contributed by atoms with van der Waals surface area (Å²) in [4.78, 5) is 10.8. The number of hydrogen-bond donors (Lipinski definition) is 3. The molecule has 1 amide bonds. The number of aliphatic hydroxyl groups excluding tert-OH is 1. The third-order valence-electron chi connectivity index (χ3n) is 2.22. The van der Waals surface area contributed by atoms with Gasteiger partial charge in [0, 0.05) is 13.5 Å². The maximum absolute atomic E-state index is 10.8. The largest absolute Gasteiger partial charge is 0.394 e. The zero-order valence-electron chi connectivity index (χ0n) is 7.39. The Hall–Kier alpha value is -0.610. The fourth-order valence-corrected chi connectivity index (χ4v) is 1.62. The number of hydrogen-bond acceptors (Lipinski definition) is 3. The van der Waals surface area contributed by atoms with E-state index in [1.165, 1.54) is 6.92 Å². The Morgan fingerprint density at radius 1 is 1.75 bits per heavy atom. The van der Waals surface area contributed by atoms with Gasteiger partial charge in [-0.2, -0.15) is 0 Å². The van der Waals surface area contributed by atoms with E-state index in [9.17, 15) is 4.79 Å². The van der Waals surface area contributed by atoms with Gasteiger partial charge in [0.05, 0.1) is 12.1 Å². The molecule has 1 unspecified atom stereocenters. The molecule has 0 aromatic carbocycles. The Labute approximate surface area is 72.3 Å². The molecule has 1 fully saturated rings. The summed E-state index contributed by atoms with van der Waals surface area (Å²) < 4.78 is 0. The first kappa shape index (κ1) is 9.48. The number of nitrogens with one attached hydrogen (secondary N) is 2. The summed E-state index contributed by atoms with van der Waals surface area (Å²) in [5.74, 6) is -0.0762. The smallest absolute Gasteiger partial charge is 0.217 e. The van der Waals surface area contributed by atoms with Crippen molar-refractivity contribution in [2.45, 2.75) is 25.3 Å². The van der Waals surface area contributed by atoms with Crippen LogP contribution < -0.4 is 10.6 Å². The molecule has 4 heteroatoms. The molecule has 1 aliphatic heterocycles. The molecule has 0 bridgehead atoms. The molecule has 0 saturated carbocycles. The molecule has 1 atom stereocenters. The van der Waals surface area contributed by atoms with Gasteiger partial charge >= 0.3 is 0 Å². The highest BCUT2D eigenvalue weighted by molar-refractivity contribution is 5.73. The molecular formula is C8H16N2O2. The molecule has 1 rings (SSSR count). The number of aliphatic hydroxyl groups is 1. The van der Waals surface area contributed by atoms with Gasteiger partial charge in [0.2, 0.25) is 5.91 Å². The molecule has 3 N–H and O–H groups in total. The van der Waals surface area contributed by atoms with Gasteiger partial charge in [-0.1, -0.05) is 0 Å². The third kappa shape index (κ3) is 2.19. The third-order valence-corrected chi connectivity index (χ3v) is 2.22. The number of carbonyl (C=O) groups excluding carboxylic acids is 1. The molecular weight excluding hydrogens is 156 g/mol. The van der Waals surface area contributed by atoms with Gasteiger partial charge in [-0.3, -0.25) is 4.79 Å². The Bertz CT molecular complexity index is 164. The number of rotatable bonds is 2. The van der Waals surface area contributed by atoms with Crippen molar-refractivity contribution in [1.29, 1.82) is 0 Å². The predicted molar refractivity (Wildman–Crippen MR) is 45.7 cm³/mol. The van der Waals surface area contributed by atoms with Crippen LogP contribution in [0.2, 0.25) is 0 Å². The Morgan fingerprint density at radius 2 is 2.50 bits per heavy atom. The van der Waals surface area contributed by atoms with E-state index < -0.39 is 5.54 Å². The van der Waals surface area contributed by atoms with Crippen LogP contribution in [0, 0.1) is 0 Å². The lowest BCUT2D eigenvalue weighted by Crippen LogP contribution is -2.59. The van der Waals surface area contributed by atoms with Crippen molar-refractivity contribution < 1.29 is 9.90 Å². The summed E-state index contributed by atoms with van der Waals surface area (Å²) in [6.07, 6.45) is 1.86. The van der Waals surface area contributed by atoms with Crippen LogP contribution in [0.1, 0.15) is 19.8 Å². The van der Waals surface area contributed by atoms with Gasteiger partial charge in [-0.05, 0) is 19.4 Å². The average molecular weight is 172 g/mol. The maximum Gasteiger partial charge on any atom is 0.217 e. The molecule has 70 valence electrons. The topological polar surface area (TPSA) is 61.4 Å². The van der Waals surface area contributed by atoms with Crippen molar-refractivity contribution >= 4 is 5.91 Å². The second-order valence-corrected chi connectivity index (χ2v) is 3.40. The Balaban J connectivity index is 2.53. The summed E-state index contributed by atoms with van der Waals surface area (Å²) in [5, 5.41) is 15.1. The fourth-order valence-electron chi connectivity index (χ4n) is 1.62. The van der Waals surface area contributed by atoms with Gasteiger partial charge in [0.15, 0.2) is 0 Å². The summed E-state index contributed by atoms with van der Waals surface area (Å²) in [5.41, 5.74) is -0.413. The molecule has 12 heavy (non-hydrogen) atoms. The molecule has 4 nitrogen and oxygen atoms in total. The van der Waals surface area contributed by atoms with Crippen molar-refractivity contribution in [2.75, 3.05) is 19.7 Å². The highest BCUT2D eigenvalue weighted by Gasteiger charge is 2.31. The lowest BCUT2D eigenvalue weighted by atomic mass is 9.91. The predicted octanol–water partition coefficient (Wildman–Crippen LogP) is -0.763. The lowest BCUT2D eigenvalue weighted by Gasteiger charge is -2.36. The van der Waals surface area contributed by atoms with Crippen LogP contribution in [0.15, 0.2) is 0 Å². The molecule has 0 spiro atoms. The van der Waals surface area contributed by atoms with E-state index >= 15 is 0 Å². The van der Waals surface area contributed by atoms with Crippen molar-refractivity contribution in [3.8, 4) is 0 Å². The Morgan fingerprint density at radius 3 is 2.92 bits per heavy atom. The standard InChI is InChI=1S/C8H16N2O2/c1-7(12)10-8(6-11)3-2-4-9-5-8/h9,11H,2-6H2,1H3,(H,10,12). The quantitative estimate of drug-likeness (QED) is 0.513. The van der Waals surface area contributed by atoms with E-state index in [2.05, 4.69) is 10.6 Å². The van der Waals surface area contributed by atoms with E-state index in [1.54, 1.807) is 0 Å². The van der Waals surface area contributed by atoms with Gasteiger partial charge < -0.3 is 15.7 Å². The minimum absolute atomic E-state index is 0.0135.